The van der Waals surface area contributed by atoms with E-state index in [-0.39, 0.29) is 6.04 Å². The van der Waals surface area contributed by atoms with Gasteiger partial charge in [-0.2, -0.15) is 0 Å². The molecule has 110 valence electrons. The van der Waals surface area contributed by atoms with Crippen molar-refractivity contribution < 1.29 is 9.90 Å². The topological polar surface area (TPSA) is 53.4 Å². The van der Waals surface area contributed by atoms with Gasteiger partial charge in [0.05, 0.1) is 5.52 Å². The van der Waals surface area contributed by atoms with Crippen molar-refractivity contribution in [3.8, 4) is 0 Å². The molecule has 4 nitrogen and oxygen atoms in total. The molecule has 1 saturated heterocycles. The number of likely N-dealkylation sites (tertiary alicyclic amines) is 1. The van der Waals surface area contributed by atoms with E-state index >= 15 is 0 Å². The molecular weight excluding hydrogens is 264 g/mol. The summed E-state index contributed by atoms with van der Waals surface area (Å²) in [6.07, 6.45) is 4.49. The first-order chi connectivity index (χ1) is 10.2. The number of benzene rings is 1. The fraction of sp³-hybridized carbons (Fsp3) is 0.412. The molecule has 1 aromatic heterocycles. The zero-order valence-corrected chi connectivity index (χ0v) is 12.2. The normalized spacial score (nSPS) is 22.7. The van der Waals surface area contributed by atoms with Gasteiger partial charge < -0.3 is 5.11 Å². The van der Waals surface area contributed by atoms with Crippen molar-refractivity contribution in [3.05, 3.63) is 42.1 Å². The van der Waals surface area contributed by atoms with Crippen molar-refractivity contribution in [1.82, 2.24) is 9.88 Å². The van der Waals surface area contributed by atoms with Crippen LogP contribution in [-0.2, 0) is 11.3 Å². The van der Waals surface area contributed by atoms with E-state index in [9.17, 15) is 9.90 Å². The van der Waals surface area contributed by atoms with Crippen molar-refractivity contribution in [2.24, 2.45) is 0 Å². The van der Waals surface area contributed by atoms with E-state index in [0.717, 1.165) is 35.7 Å². The van der Waals surface area contributed by atoms with Crippen molar-refractivity contribution in [3.63, 3.8) is 0 Å². The van der Waals surface area contributed by atoms with Crippen molar-refractivity contribution in [2.45, 2.75) is 44.8 Å². The fourth-order valence-corrected chi connectivity index (χ4v) is 3.37. The summed E-state index contributed by atoms with van der Waals surface area (Å²) in [7, 11) is 0. The molecule has 1 N–H and O–H groups in total. The van der Waals surface area contributed by atoms with Gasteiger partial charge in [-0.15, -0.1) is 0 Å². The lowest BCUT2D eigenvalue weighted by Gasteiger charge is -2.27. The van der Waals surface area contributed by atoms with Crippen LogP contribution in [-0.4, -0.2) is 33.0 Å². The molecule has 0 aliphatic carbocycles. The minimum Gasteiger partial charge on any atom is -0.480 e. The number of aliphatic carboxylic acids is 1. The van der Waals surface area contributed by atoms with Crippen LogP contribution in [0.4, 0.5) is 0 Å². The Morgan fingerprint density at radius 1 is 1.33 bits per heavy atom. The van der Waals surface area contributed by atoms with Gasteiger partial charge >= 0.3 is 5.97 Å². The third-order valence-corrected chi connectivity index (χ3v) is 4.47. The second kappa shape index (κ2) is 5.82. The lowest BCUT2D eigenvalue weighted by Crippen LogP contribution is -2.40. The number of hydrogen-bond donors (Lipinski definition) is 1. The highest BCUT2D eigenvalue weighted by Gasteiger charge is 2.36. The van der Waals surface area contributed by atoms with E-state index < -0.39 is 5.97 Å². The van der Waals surface area contributed by atoms with Gasteiger partial charge in [0, 0.05) is 24.2 Å². The molecular formula is C17H20N2O2. The molecule has 0 spiro atoms. The van der Waals surface area contributed by atoms with Crippen LogP contribution in [0.1, 0.15) is 31.7 Å². The number of fused-ring (bicyclic) bond motifs is 1. The SMILES string of the molecule is CCC1CCC(C(=O)O)N1Cc1cccc2cccnc12. The molecule has 2 atom stereocenters. The van der Waals surface area contributed by atoms with E-state index in [2.05, 4.69) is 22.9 Å². The van der Waals surface area contributed by atoms with Crippen LogP contribution in [0.3, 0.4) is 0 Å². The molecule has 2 aromatic rings. The van der Waals surface area contributed by atoms with Crippen molar-refractivity contribution in [2.75, 3.05) is 0 Å². The molecule has 1 fully saturated rings. The van der Waals surface area contributed by atoms with Crippen LogP contribution in [0.5, 0.6) is 0 Å². The summed E-state index contributed by atoms with van der Waals surface area (Å²) in [4.78, 5) is 18.1. The van der Waals surface area contributed by atoms with Gasteiger partial charge in [0.1, 0.15) is 6.04 Å². The predicted octanol–water partition coefficient (Wildman–Crippen LogP) is 3.06. The molecule has 3 rings (SSSR count). The number of nitrogens with zero attached hydrogens (tertiary/aromatic N) is 2. The molecule has 4 heteroatoms. The Kier molecular flexibility index (Phi) is 3.88. The average Bonchev–Trinajstić information content (AvgIpc) is 2.90. The Hall–Kier alpha value is -1.94. The number of carboxylic acids is 1. The standard InChI is InChI=1S/C17H20N2O2/c1-2-14-8-9-15(17(20)21)19(14)11-13-6-3-5-12-7-4-10-18-16(12)13/h3-7,10,14-15H,2,8-9,11H2,1H3,(H,20,21). The summed E-state index contributed by atoms with van der Waals surface area (Å²) in [6, 6.07) is 10.1. The number of rotatable bonds is 4. The number of carbonyl (C=O) groups is 1. The Morgan fingerprint density at radius 3 is 2.90 bits per heavy atom. The summed E-state index contributed by atoms with van der Waals surface area (Å²) >= 11 is 0. The van der Waals surface area contributed by atoms with E-state index in [1.54, 1.807) is 6.20 Å². The van der Waals surface area contributed by atoms with Crippen LogP contribution in [0.2, 0.25) is 0 Å². The van der Waals surface area contributed by atoms with Crippen molar-refractivity contribution in [1.29, 1.82) is 0 Å². The second-order valence-electron chi connectivity index (χ2n) is 5.66. The summed E-state index contributed by atoms with van der Waals surface area (Å²) in [5.74, 6) is -0.709. The van der Waals surface area contributed by atoms with Crippen LogP contribution in [0, 0.1) is 0 Å². The van der Waals surface area contributed by atoms with Gasteiger partial charge in [-0.05, 0) is 30.9 Å². The van der Waals surface area contributed by atoms with Crippen LogP contribution in [0.15, 0.2) is 36.5 Å². The summed E-state index contributed by atoms with van der Waals surface area (Å²) in [6.45, 7) is 2.78. The number of pyridine rings is 1. The Labute approximate surface area is 124 Å². The van der Waals surface area contributed by atoms with E-state index in [1.807, 2.05) is 24.3 Å². The highest BCUT2D eigenvalue weighted by atomic mass is 16.4. The lowest BCUT2D eigenvalue weighted by molar-refractivity contribution is -0.142. The van der Waals surface area contributed by atoms with Gasteiger partial charge in [0.15, 0.2) is 0 Å². The quantitative estimate of drug-likeness (QED) is 0.937. The smallest absolute Gasteiger partial charge is 0.320 e. The average molecular weight is 284 g/mol. The summed E-state index contributed by atoms with van der Waals surface area (Å²) in [5.41, 5.74) is 2.09. The first-order valence-electron chi connectivity index (χ1n) is 7.52. The van der Waals surface area contributed by atoms with Crippen LogP contribution < -0.4 is 0 Å². The van der Waals surface area contributed by atoms with Gasteiger partial charge in [0.25, 0.3) is 0 Å². The minimum atomic E-state index is -0.709. The maximum Gasteiger partial charge on any atom is 0.320 e. The highest BCUT2D eigenvalue weighted by molar-refractivity contribution is 5.81. The van der Waals surface area contributed by atoms with E-state index in [0.29, 0.717) is 12.6 Å². The largest absolute Gasteiger partial charge is 0.480 e. The zero-order chi connectivity index (χ0) is 14.8. The Balaban J connectivity index is 1.94. The van der Waals surface area contributed by atoms with Crippen LogP contribution in [0.25, 0.3) is 10.9 Å². The molecule has 2 heterocycles. The zero-order valence-electron chi connectivity index (χ0n) is 12.2. The molecule has 1 aliphatic heterocycles. The number of para-hydroxylation sites is 1. The first kappa shape index (κ1) is 14.0. The lowest BCUT2D eigenvalue weighted by atomic mass is 10.1. The predicted molar refractivity (Wildman–Crippen MR) is 82.0 cm³/mol. The Morgan fingerprint density at radius 2 is 2.14 bits per heavy atom. The molecule has 21 heavy (non-hydrogen) atoms. The fourth-order valence-electron chi connectivity index (χ4n) is 3.37. The minimum absolute atomic E-state index is 0.352. The Bertz CT molecular complexity index is 651. The van der Waals surface area contributed by atoms with Gasteiger partial charge in [-0.3, -0.25) is 14.7 Å². The molecule has 1 aromatic carbocycles. The van der Waals surface area contributed by atoms with Gasteiger partial charge in [0.2, 0.25) is 0 Å². The molecule has 0 radical (unpaired) electrons. The second-order valence-corrected chi connectivity index (χ2v) is 5.66. The molecule has 2 unspecified atom stereocenters. The summed E-state index contributed by atoms with van der Waals surface area (Å²) in [5, 5.41) is 10.5. The molecule has 0 saturated carbocycles. The van der Waals surface area contributed by atoms with E-state index in [1.165, 1.54) is 0 Å². The third kappa shape index (κ3) is 2.63. The number of hydrogen-bond acceptors (Lipinski definition) is 3. The van der Waals surface area contributed by atoms with Crippen LogP contribution >= 0.6 is 0 Å². The molecule has 1 aliphatic rings. The van der Waals surface area contributed by atoms with E-state index in [4.69, 9.17) is 0 Å². The summed E-state index contributed by atoms with van der Waals surface area (Å²) < 4.78 is 0. The first-order valence-corrected chi connectivity index (χ1v) is 7.52. The van der Waals surface area contributed by atoms with Gasteiger partial charge in [-0.1, -0.05) is 31.2 Å². The van der Waals surface area contributed by atoms with Crippen molar-refractivity contribution >= 4 is 16.9 Å². The maximum atomic E-state index is 11.5. The molecule has 0 amide bonds. The number of carboxylic acid groups (broad SMARTS) is 1. The maximum absolute atomic E-state index is 11.5. The van der Waals surface area contributed by atoms with Gasteiger partial charge in [-0.25, -0.2) is 0 Å². The number of aromatic nitrogens is 1. The monoisotopic (exact) mass is 284 g/mol. The molecule has 0 bridgehead atoms. The highest BCUT2D eigenvalue weighted by Crippen LogP contribution is 2.29. The third-order valence-electron chi connectivity index (χ3n) is 4.47.